The van der Waals surface area contributed by atoms with Gasteiger partial charge in [0.25, 0.3) is 0 Å². The van der Waals surface area contributed by atoms with Gasteiger partial charge in [-0.3, -0.25) is 10.1 Å². The van der Waals surface area contributed by atoms with Crippen molar-refractivity contribution in [3.8, 4) is 11.3 Å². The van der Waals surface area contributed by atoms with Gasteiger partial charge in [0.2, 0.25) is 0 Å². The van der Waals surface area contributed by atoms with E-state index in [9.17, 15) is 4.39 Å². The summed E-state index contributed by atoms with van der Waals surface area (Å²) in [5.74, 6) is -0.277. The lowest BCUT2D eigenvalue weighted by Crippen LogP contribution is -2.03. The van der Waals surface area contributed by atoms with Crippen LogP contribution in [0, 0.1) is 12.7 Å². The van der Waals surface area contributed by atoms with Crippen molar-refractivity contribution >= 4 is 16.6 Å². The van der Waals surface area contributed by atoms with Crippen LogP contribution in [0.2, 0.25) is 0 Å². The fourth-order valence-electron chi connectivity index (χ4n) is 2.54. The minimum absolute atomic E-state index is 0.277. The first kappa shape index (κ1) is 14.5. The Morgan fingerprint density at radius 1 is 1.27 bits per heavy atom. The molecule has 0 spiro atoms. The van der Waals surface area contributed by atoms with Crippen molar-refractivity contribution in [2.45, 2.75) is 26.7 Å². The highest BCUT2D eigenvalue weighted by Crippen LogP contribution is 2.30. The van der Waals surface area contributed by atoms with Gasteiger partial charge in [-0.2, -0.15) is 5.10 Å². The maximum Gasteiger partial charge on any atom is 0.133 e. The van der Waals surface area contributed by atoms with Crippen LogP contribution >= 0.6 is 0 Å². The van der Waals surface area contributed by atoms with Gasteiger partial charge in [0, 0.05) is 35.1 Å². The molecule has 0 bridgehead atoms. The second-order valence-corrected chi connectivity index (χ2v) is 5.41. The molecule has 0 saturated heterocycles. The van der Waals surface area contributed by atoms with Gasteiger partial charge in [-0.15, -0.1) is 0 Å². The Bertz CT molecular complexity index is 781. The summed E-state index contributed by atoms with van der Waals surface area (Å²) in [4.78, 5) is 4.54. The Labute approximate surface area is 128 Å². The maximum absolute atomic E-state index is 14.4. The van der Waals surface area contributed by atoms with Crippen molar-refractivity contribution in [1.82, 2.24) is 15.2 Å². The Balaban J connectivity index is 2.09. The molecule has 0 aliphatic heterocycles. The Morgan fingerprint density at radius 3 is 2.86 bits per heavy atom. The van der Waals surface area contributed by atoms with Crippen molar-refractivity contribution in [3.63, 3.8) is 0 Å². The summed E-state index contributed by atoms with van der Waals surface area (Å²) in [6, 6.07) is 7.04. The van der Waals surface area contributed by atoms with Crippen LogP contribution in [0.1, 0.15) is 25.5 Å². The van der Waals surface area contributed by atoms with Gasteiger partial charge in [-0.05, 0) is 37.6 Å². The third-order valence-electron chi connectivity index (χ3n) is 3.66. The number of fused-ring (bicyclic) bond motifs is 1. The summed E-state index contributed by atoms with van der Waals surface area (Å²) in [7, 11) is 0. The van der Waals surface area contributed by atoms with E-state index in [2.05, 4.69) is 27.4 Å². The van der Waals surface area contributed by atoms with Crippen LogP contribution < -0.4 is 5.32 Å². The summed E-state index contributed by atoms with van der Waals surface area (Å²) in [5, 5.41) is 10.9. The minimum Gasteiger partial charge on any atom is -0.384 e. The summed E-state index contributed by atoms with van der Waals surface area (Å²) < 4.78 is 14.4. The first-order valence-corrected chi connectivity index (χ1v) is 7.53. The molecule has 0 aliphatic carbocycles. The van der Waals surface area contributed by atoms with Crippen LogP contribution in [0.25, 0.3) is 22.2 Å². The van der Waals surface area contributed by atoms with Gasteiger partial charge in [0.15, 0.2) is 0 Å². The number of rotatable bonds is 5. The number of benzene rings is 1. The van der Waals surface area contributed by atoms with E-state index in [1.165, 1.54) is 0 Å². The maximum atomic E-state index is 14.4. The highest BCUT2D eigenvalue weighted by molar-refractivity contribution is 5.94. The highest BCUT2D eigenvalue weighted by Gasteiger charge is 2.12. The van der Waals surface area contributed by atoms with Crippen LogP contribution in [0.5, 0.6) is 0 Å². The smallest absolute Gasteiger partial charge is 0.133 e. The molecule has 0 atom stereocenters. The lowest BCUT2D eigenvalue weighted by atomic mass is 10.1. The van der Waals surface area contributed by atoms with E-state index in [1.54, 1.807) is 24.4 Å². The number of nitrogens with zero attached hydrogens (tertiary/aromatic N) is 2. The van der Waals surface area contributed by atoms with Crippen LogP contribution in [0.15, 0.2) is 30.5 Å². The van der Waals surface area contributed by atoms with E-state index < -0.39 is 0 Å². The number of hydrogen-bond donors (Lipinski definition) is 2. The molecule has 3 rings (SSSR count). The van der Waals surface area contributed by atoms with Crippen molar-refractivity contribution in [1.29, 1.82) is 0 Å². The van der Waals surface area contributed by atoms with Crippen LogP contribution in [-0.2, 0) is 0 Å². The number of halogens is 1. The second kappa shape index (κ2) is 6.13. The molecule has 114 valence electrons. The molecule has 4 nitrogen and oxygen atoms in total. The molecule has 2 aromatic heterocycles. The lowest BCUT2D eigenvalue weighted by molar-refractivity contribution is 0.632. The number of pyridine rings is 1. The standard InChI is InChI=1S/C17H19FN4/c1-3-4-6-19-16-8-11(2)21-17-10-12(14(18)9-13(16)17)15-5-7-20-22-15/h5,7-10H,3-4,6H2,1-2H3,(H,19,21)(H,20,22). The Morgan fingerprint density at radius 2 is 2.14 bits per heavy atom. The molecular weight excluding hydrogens is 279 g/mol. The van der Waals surface area contributed by atoms with E-state index in [1.807, 2.05) is 13.0 Å². The van der Waals surface area contributed by atoms with Gasteiger partial charge < -0.3 is 5.32 Å². The quantitative estimate of drug-likeness (QED) is 0.691. The first-order valence-electron chi connectivity index (χ1n) is 7.53. The van der Waals surface area contributed by atoms with Crippen molar-refractivity contribution < 1.29 is 4.39 Å². The van der Waals surface area contributed by atoms with Gasteiger partial charge in [0.05, 0.1) is 11.2 Å². The molecule has 0 aliphatic rings. The zero-order valence-corrected chi connectivity index (χ0v) is 12.8. The number of aromatic nitrogens is 3. The molecule has 0 fully saturated rings. The summed E-state index contributed by atoms with van der Waals surface area (Å²) in [6.45, 7) is 4.97. The van der Waals surface area contributed by atoms with Crippen molar-refractivity contribution in [2.24, 2.45) is 0 Å². The molecule has 2 heterocycles. The second-order valence-electron chi connectivity index (χ2n) is 5.41. The molecule has 22 heavy (non-hydrogen) atoms. The fourth-order valence-corrected chi connectivity index (χ4v) is 2.54. The van der Waals surface area contributed by atoms with Crippen LogP contribution in [-0.4, -0.2) is 21.7 Å². The molecular formula is C17H19FN4. The zero-order chi connectivity index (χ0) is 15.5. The van der Waals surface area contributed by atoms with Crippen molar-refractivity contribution in [3.05, 3.63) is 42.0 Å². The Hall–Kier alpha value is -2.43. The van der Waals surface area contributed by atoms with Gasteiger partial charge >= 0.3 is 0 Å². The van der Waals surface area contributed by atoms with Gasteiger partial charge in [-0.25, -0.2) is 4.39 Å². The SMILES string of the molecule is CCCCNc1cc(C)nc2cc(-c3ccn[nH]3)c(F)cc12. The molecule has 0 amide bonds. The zero-order valence-electron chi connectivity index (χ0n) is 12.8. The molecule has 2 N–H and O–H groups in total. The average molecular weight is 298 g/mol. The summed E-state index contributed by atoms with van der Waals surface area (Å²) in [5.41, 5.74) is 3.77. The molecule has 1 aromatic carbocycles. The minimum atomic E-state index is -0.277. The number of hydrogen-bond acceptors (Lipinski definition) is 3. The first-order chi connectivity index (χ1) is 10.7. The number of nitrogens with one attached hydrogen (secondary N) is 2. The van der Waals surface area contributed by atoms with Crippen LogP contribution in [0.4, 0.5) is 10.1 Å². The van der Waals surface area contributed by atoms with E-state index in [4.69, 9.17) is 0 Å². The number of aryl methyl sites for hydroxylation is 1. The van der Waals surface area contributed by atoms with Crippen LogP contribution in [0.3, 0.4) is 0 Å². The number of H-pyrrole nitrogens is 1. The fraction of sp³-hybridized carbons (Fsp3) is 0.294. The summed E-state index contributed by atoms with van der Waals surface area (Å²) >= 11 is 0. The highest BCUT2D eigenvalue weighted by atomic mass is 19.1. The van der Waals surface area contributed by atoms with E-state index in [0.29, 0.717) is 11.3 Å². The van der Waals surface area contributed by atoms with Gasteiger partial charge in [0.1, 0.15) is 5.82 Å². The third kappa shape index (κ3) is 2.79. The summed E-state index contributed by atoms with van der Waals surface area (Å²) in [6.07, 6.45) is 3.81. The van der Waals surface area contributed by atoms with E-state index in [0.717, 1.165) is 41.7 Å². The van der Waals surface area contributed by atoms with E-state index >= 15 is 0 Å². The van der Waals surface area contributed by atoms with Crippen molar-refractivity contribution in [2.75, 3.05) is 11.9 Å². The molecule has 3 aromatic rings. The molecule has 0 saturated carbocycles. The average Bonchev–Trinajstić information content (AvgIpc) is 3.01. The normalized spacial score (nSPS) is 11.0. The number of aromatic amines is 1. The van der Waals surface area contributed by atoms with Gasteiger partial charge in [-0.1, -0.05) is 13.3 Å². The lowest BCUT2D eigenvalue weighted by Gasteiger charge is -2.12. The predicted molar refractivity (Wildman–Crippen MR) is 87.4 cm³/mol. The monoisotopic (exact) mass is 298 g/mol. The largest absolute Gasteiger partial charge is 0.384 e. The Kier molecular flexibility index (Phi) is 4.04. The third-order valence-corrected chi connectivity index (χ3v) is 3.66. The number of unbranched alkanes of at least 4 members (excludes halogenated alkanes) is 1. The molecule has 0 unspecified atom stereocenters. The molecule has 0 radical (unpaired) electrons. The molecule has 5 heteroatoms. The number of anilines is 1. The topological polar surface area (TPSA) is 53.6 Å². The van der Waals surface area contributed by atoms with E-state index in [-0.39, 0.29) is 5.82 Å². The predicted octanol–water partition coefficient (Wildman–Crippen LogP) is 4.28.